The molecule has 3 aromatic rings. The molecule has 3 rings (SSSR count). The second-order valence-electron chi connectivity index (χ2n) is 11.5. The van der Waals surface area contributed by atoms with Crippen molar-refractivity contribution in [1.29, 1.82) is 0 Å². The van der Waals surface area contributed by atoms with Gasteiger partial charge in [0.2, 0.25) is 5.95 Å². The number of anilines is 1. The molecule has 0 aliphatic carbocycles. The largest absolute Gasteiger partial charge is 0.507 e. The first-order valence-electron chi connectivity index (χ1n) is 16.9. The van der Waals surface area contributed by atoms with Crippen LogP contribution in [0.4, 0.5) is 5.95 Å². The van der Waals surface area contributed by atoms with E-state index >= 15 is 0 Å². The van der Waals surface area contributed by atoms with Crippen molar-refractivity contribution in [3.05, 3.63) is 36.4 Å². The van der Waals surface area contributed by atoms with Crippen molar-refractivity contribution in [2.75, 3.05) is 25.6 Å². The van der Waals surface area contributed by atoms with Crippen LogP contribution in [-0.2, 0) is 0 Å². The Hall–Kier alpha value is -3.55. The molecule has 0 unspecified atom stereocenters. The van der Waals surface area contributed by atoms with Crippen molar-refractivity contribution in [2.45, 2.75) is 117 Å². The second-order valence-corrected chi connectivity index (χ2v) is 11.5. The minimum absolute atomic E-state index is 0.0243. The van der Waals surface area contributed by atoms with Crippen LogP contribution in [-0.4, -0.2) is 39.9 Å². The van der Waals surface area contributed by atoms with Gasteiger partial charge in [0, 0.05) is 12.1 Å². The van der Waals surface area contributed by atoms with Gasteiger partial charge in [0.1, 0.15) is 23.0 Å². The van der Waals surface area contributed by atoms with Crippen LogP contribution >= 0.6 is 0 Å². The number of aromatic nitrogens is 3. The molecule has 0 saturated heterocycles. The van der Waals surface area contributed by atoms with E-state index in [1.165, 1.54) is 64.2 Å². The summed E-state index contributed by atoms with van der Waals surface area (Å²) in [5.41, 5.74) is 7.32. The van der Waals surface area contributed by atoms with Gasteiger partial charge in [0.15, 0.2) is 11.6 Å². The number of nitrogens with zero attached hydrogens (tertiary/aromatic N) is 3. The van der Waals surface area contributed by atoms with Gasteiger partial charge < -0.3 is 25.1 Å². The smallest absolute Gasteiger partial charge is 0.224 e. The second kappa shape index (κ2) is 20.4. The van der Waals surface area contributed by atoms with Gasteiger partial charge in [-0.1, -0.05) is 97.8 Å². The maximum absolute atomic E-state index is 10.9. The van der Waals surface area contributed by atoms with Crippen molar-refractivity contribution in [3.8, 4) is 45.8 Å². The molecule has 0 saturated carbocycles. The molecule has 1 aromatic heterocycles. The number of benzene rings is 2. The number of hydrogen-bond acceptors (Lipinski definition) is 8. The highest BCUT2D eigenvalue weighted by Gasteiger charge is 2.17. The fraction of sp³-hybridized carbons (Fsp3) is 0.583. The summed E-state index contributed by atoms with van der Waals surface area (Å²) < 4.78 is 18.2. The molecule has 44 heavy (non-hydrogen) atoms. The summed E-state index contributed by atoms with van der Waals surface area (Å²) in [6.07, 6.45) is 17.4. The van der Waals surface area contributed by atoms with Gasteiger partial charge in [-0.3, -0.25) is 0 Å². The Bertz CT molecular complexity index is 1240. The van der Waals surface area contributed by atoms with E-state index in [0.29, 0.717) is 48.3 Å². The van der Waals surface area contributed by atoms with Crippen LogP contribution in [0.1, 0.15) is 117 Å². The van der Waals surface area contributed by atoms with Crippen LogP contribution in [0.15, 0.2) is 36.4 Å². The fourth-order valence-corrected chi connectivity index (χ4v) is 5.00. The first kappa shape index (κ1) is 34.9. The van der Waals surface area contributed by atoms with Crippen molar-refractivity contribution < 1.29 is 19.3 Å². The van der Waals surface area contributed by atoms with Gasteiger partial charge in [0.25, 0.3) is 0 Å². The van der Waals surface area contributed by atoms with Gasteiger partial charge >= 0.3 is 0 Å². The minimum Gasteiger partial charge on any atom is -0.507 e. The Morgan fingerprint density at radius 3 is 1.52 bits per heavy atom. The van der Waals surface area contributed by atoms with Gasteiger partial charge in [-0.15, -0.1) is 0 Å². The fourth-order valence-electron chi connectivity index (χ4n) is 5.00. The van der Waals surface area contributed by atoms with E-state index in [4.69, 9.17) is 24.9 Å². The predicted octanol–water partition coefficient (Wildman–Crippen LogP) is 9.54. The standard InChI is InChI=1S/C36H54N4O4/c1-4-7-10-13-16-23-42-28-19-21-30(32(41)26-28)34-38-35(40-36(37)39-34)31-22-20-29(43-24-17-14-11-8-5-2)27-33(31)44-25-18-15-12-9-6-3/h19-22,26-27,41H,4-18,23-25H2,1-3H3,(H2,37,38,39,40). The van der Waals surface area contributed by atoms with Crippen molar-refractivity contribution in [1.82, 2.24) is 15.0 Å². The molecule has 3 N–H and O–H groups in total. The summed E-state index contributed by atoms with van der Waals surface area (Å²) in [5.74, 6) is 2.77. The van der Waals surface area contributed by atoms with E-state index in [-0.39, 0.29) is 17.5 Å². The number of nitrogens with two attached hydrogens (primary N) is 1. The number of hydrogen-bond donors (Lipinski definition) is 2. The lowest BCUT2D eigenvalue weighted by Gasteiger charge is -2.14. The lowest BCUT2D eigenvalue weighted by atomic mass is 10.1. The molecule has 2 aromatic carbocycles. The lowest BCUT2D eigenvalue weighted by Crippen LogP contribution is -2.05. The SMILES string of the molecule is CCCCCCCOc1ccc(-c2nc(N)nc(-c3ccc(OCCCCCCC)cc3OCCCCCCC)n2)c(O)c1. The average Bonchev–Trinajstić information content (AvgIpc) is 3.02. The zero-order chi connectivity index (χ0) is 31.4. The van der Waals surface area contributed by atoms with E-state index in [2.05, 4.69) is 30.7 Å². The highest BCUT2D eigenvalue weighted by Crippen LogP contribution is 2.35. The third-order valence-electron chi connectivity index (χ3n) is 7.60. The van der Waals surface area contributed by atoms with Gasteiger partial charge in [0.05, 0.1) is 30.9 Å². The van der Waals surface area contributed by atoms with Crippen LogP contribution in [0, 0.1) is 0 Å². The van der Waals surface area contributed by atoms with Crippen molar-refractivity contribution in [2.24, 2.45) is 0 Å². The molecule has 0 fully saturated rings. The number of aromatic hydroxyl groups is 1. The van der Waals surface area contributed by atoms with E-state index in [0.717, 1.165) is 37.9 Å². The summed E-state index contributed by atoms with van der Waals surface area (Å²) in [7, 11) is 0. The average molecular weight is 607 g/mol. The topological polar surface area (TPSA) is 113 Å². The van der Waals surface area contributed by atoms with Crippen LogP contribution in [0.2, 0.25) is 0 Å². The molecular weight excluding hydrogens is 552 g/mol. The molecule has 0 bridgehead atoms. The molecule has 0 aliphatic rings. The number of rotatable bonds is 23. The summed E-state index contributed by atoms with van der Waals surface area (Å²) in [6.45, 7) is 8.51. The zero-order valence-electron chi connectivity index (χ0n) is 27.3. The molecule has 0 spiro atoms. The lowest BCUT2D eigenvalue weighted by molar-refractivity contribution is 0.290. The Morgan fingerprint density at radius 1 is 0.545 bits per heavy atom. The molecule has 8 nitrogen and oxygen atoms in total. The van der Waals surface area contributed by atoms with Crippen LogP contribution in [0.3, 0.4) is 0 Å². The summed E-state index contributed by atoms with van der Waals surface area (Å²) >= 11 is 0. The maximum atomic E-state index is 10.9. The molecule has 1 heterocycles. The quantitative estimate of drug-likeness (QED) is 0.103. The highest BCUT2D eigenvalue weighted by molar-refractivity contribution is 5.71. The van der Waals surface area contributed by atoms with Gasteiger partial charge in [-0.2, -0.15) is 9.97 Å². The Morgan fingerprint density at radius 2 is 1.00 bits per heavy atom. The number of unbranched alkanes of at least 4 members (excludes halogenated alkanes) is 12. The van der Waals surface area contributed by atoms with E-state index in [9.17, 15) is 5.11 Å². The van der Waals surface area contributed by atoms with Crippen LogP contribution in [0.5, 0.6) is 23.0 Å². The van der Waals surface area contributed by atoms with E-state index < -0.39 is 0 Å². The number of ether oxygens (including phenoxy) is 3. The van der Waals surface area contributed by atoms with Crippen molar-refractivity contribution in [3.63, 3.8) is 0 Å². The minimum atomic E-state index is 0.0243. The molecular formula is C36H54N4O4. The maximum Gasteiger partial charge on any atom is 0.224 e. The number of nitrogen functional groups attached to an aromatic ring is 1. The van der Waals surface area contributed by atoms with Crippen LogP contribution in [0.25, 0.3) is 22.8 Å². The molecule has 0 amide bonds. The molecule has 0 aliphatic heterocycles. The monoisotopic (exact) mass is 606 g/mol. The van der Waals surface area contributed by atoms with Crippen LogP contribution < -0.4 is 19.9 Å². The Kier molecular flexibility index (Phi) is 16.2. The summed E-state index contributed by atoms with van der Waals surface area (Å²) in [5, 5.41) is 10.9. The first-order chi connectivity index (χ1) is 21.5. The summed E-state index contributed by atoms with van der Waals surface area (Å²) in [6, 6.07) is 10.9. The number of phenolic OH excluding ortho intramolecular Hbond substituents is 1. The van der Waals surface area contributed by atoms with Gasteiger partial charge in [-0.25, -0.2) is 4.98 Å². The van der Waals surface area contributed by atoms with E-state index in [1.807, 2.05) is 24.3 Å². The van der Waals surface area contributed by atoms with Gasteiger partial charge in [-0.05, 0) is 43.5 Å². The Balaban J connectivity index is 1.76. The zero-order valence-corrected chi connectivity index (χ0v) is 27.3. The molecule has 242 valence electrons. The summed E-state index contributed by atoms with van der Waals surface area (Å²) in [4.78, 5) is 13.5. The predicted molar refractivity (Wildman–Crippen MR) is 180 cm³/mol. The van der Waals surface area contributed by atoms with Crippen molar-refractivity contribution >= 4 is 5.95 Å². The molecule has 0 atom stereocenters. The third kappa shape index (κ3) is 12.2. The Labute approximate surface area is 264 Å². The first-order valence-corrected chi connectivity index (χ1v) is 16.9. The third-order valence-corrected chi connectivity index (χ3v) is 7.60. The van der Waals surface area contributed by atoms with E-state index in [1.54, 1.807) is 12.1 Å². The number of phenols is 1. The molecule has 8 heteroatoms. The highest BCUT2D eigenvalue weighted by atomic mass is 16.5. The molecule has 0 radical (unpaired) electrons. The normalized spacial score (nSPS) is 11.1.